The third-order valence-corrected chi connectivity index (χ3v) is 2.64. The van der Waals surface area contributed by atoms with Crippen LogP contribution in [0, 0.1) is 11.7 Å². The summed E-state index contributed by atoms with van der Waals surface area (Å²) in [6.45, 7) is 0.994. The molecule has 0 aromatic heterocycles. The van der Waals surface area contributed by atoms with Crippen molar-refractivity contribution in [3.8, 4) is 0 Å². The van der Waals surface area contributed by atoms with E-state index >= 15 is 0 Å². The van der Waals surface area contributed by atoms with E-state index in [0.29, 0.717) is 26.1 Å². The van der Waals surface area contributed by atoms with E-state index in [9.17, 15) is 9.18 Å². The van der Waals surface area contributed by atoms with Crippen LogP contribution in [0.4, 0.5) is 4.39 Å². The average Bonchev–Trinajstić information content (AvgIpc) is 2.22. The predicted molar refractivity (Wildman–Crippen MR) is 54.0 cm³/mol. The van der Waals surface area contributed by atoms with Gasteiger partial charge in [-0.2, -0.15) is 0 Å². The summed E-state index contributed by atoms with van der Waals surface area (Å²) in [5, 5.41) is 0. The molecular formula is C12H13FO2. The highest BCUT2D eigenvalue weighted by molar-refractivity contribution is 5.82. The molecule has 0 unspecified atom stereocenters. The van der Waals surface area contributed by atoms with E-state index in [1.54, 1.807) is 6.07 Å². The number of rotatable bonds is 2. The normalized spacial score (nSPS) is 21.7. The van der Waals surface area contributed by atoms with E-state index in [1.165, 1.54) is 12.1 Å². The van der Waals surface area contributed by atoms with Gasteiger partial charge >= 0.3 is 0 Å². The Labute approximate surface area is 88.1 Å². The first-order valence-corrected chi connectivity index (χ1v) is 5.10. The van der Waals surface area contributed by atoms with Crippen molar-refractivity contribution < 1.29 is 13.9 Å². The Hall–Kier alpha value is -1.22. The Kier molecular flexibility index (Phi) is 3.11. The molecule has 0 N–H and O–H groups in total. The number of halogens is 1. The van der Waals surface area contributed by atoms with Crippen molar-refractivity contribution in [3.63, 3.8) is 0 Å². The lowest BCUT2D eigenvalue weighted by Gasteiger charge is -2.20. The summed E-state index contributed by atoms with van der Waals surface area (Å²) in [6.07, 6.45) is 1.07. The number of carbonyl (C=O) groups excluding carboxylic acids is 1. The van der Waals surface area contributed by atoms with Crippen molar-refractivity contribution in [2.24, 2.45) is 5.92 Å². The van der Waals surface area contributed by atoms with Crippen molar-refractivity contribution in [2.75, 3.05) is 13.2 Å². The molecule has 0 aliphatic carbocycles. The minimum absolute atomic E-state index is 0.0967. The molecular weight excluding hydrogens is 195 g/mol. The smallest absolute Gasteiger partial charge is 0.140 e. The Morgan fingerprint density at radius 2 is 2.33 bits per heavy atom. The maximum absolute atomic E-state index is 12.9. The van der Waals surface area contributed by atoms with Gasteiger partial charge in [0.05, 0.1) is 13.2 Å². The minimum Gasteiger partial charge on any atom is -0.380 e. The van der Waals surface area contributed by atoms with E-state index in [0.717, 1.165) is 5.56 Å². The van der Waals surface area contributed by atoms with Gasteiger partial charge < -0.3 is 4.74 Å². The van der Waals surface area contributed by atoms with Gasteiger partial charge in [-0.15, -0.1) is 0 Å². The van der Waals surface area contributed by atoms with Crippen molar-refractivity contribution in [1.29, 1.82) is 0 Å². The number of carbonyl (C=O) groups is 1. The van der Waals surface area contributed by atoms with Crippen LogP contribution in [0.5, 0.6) is 0 Å². The van der Waals surface area contributed by atoms with Crippen LogP contribution in [0.2, 0.25) is 0 Å². The van der Waals surface area contributed by atoms with Gasteiger partial charge in [0.1, 0.15) is 11.6 Å². The van der Waals surface area contributed by atoms with Gasteiger partial charge in [-0.1, -0.05) is 12.1 Å². The molecule has 1 saturated heterocycles. The van der Waals surface area contributed by atoms with Crippen LogP contribution in [0.25, 0.3) is 0 Å². The first-order valence-electron chi connectivity index (χ1n) is 5.10. The third-order valence-electron chi connectivity index (χ3n) is 2.64. The molecule has 0 radical (unpaired) electrons. The standard InChI is InChI=1S/C12H13FO2/c13-11-3-1-2-9(7-11)6-10-8-15-5-4-12(10)14/h1-3,7,10H,4-6,8H2/t10-/m1/s1. The Morgan fingerprint density at radius 3 is 3.07 bits per heavy atom. The van der Waals surface area contributed by atoms with Crippen LogP contribution in [0.3, 0.4) is 0 Å². The quantitative estimate of drug-likeness (QED) is 0.742. The molecule has 1 heterocycles. The van der Waals surface area contributed by atoms with Gasteiger partial charge in [0.2, 0.25) is 0 Å². The zero-order valence-electron chi connectivity index (χ0n) is 8.41. The largest absolute Gasteiger partial charge is 0.380 e. The van der Waals surface area contributed by atoms with Crippen LogP contribution in [0.1, 0.15) is 12.0 Å². The van der Waals surface area contributed by atoms with Crippen molar-refractivity contribution in [2.45, 2.75) is 12.8 Å². The summed E-state index contributed by atoms with van der Waals surface area (Å²) in [5.41, 5.74) is 0.860. The highest BCUT2D eigenvalue weighted by atomic mass is 19.1. The van der Waals surface area contributed by atoms with Crippen LogP contribution >= 0.6 is 0 Å². The van der Waals surface area contributed by atoms with E-state index < -0.39 is 0 Å². The molecule has 1 fully saturated rings. The molecule has 0 saturated carbocycles. The summed E-state index contributed by atoms with van der Waals surface area (Å²) in [4.78, 5) is 11.5. The molecule has 0 bridgehead atoms. The minimum atomic E-state index is -0.253. The number of hydrogen-bond donors (Lipinski definition) is 0. The Morgan fingerprint density at radius 1 is 1.47 bits per heavy atom. The summed E-state index contributed by atoms with van der Waals surface area (Å²) >= 11 is 0. The lowest BCUT2D eigenvalue weighted by Crippen LogP contribution is -2.29. The fourth-order valence-corrected chi connectivity index (χ4v) is 1.82. The van der Waals surface area contributed by atoms with Crippen LogP contribution in [-0.2, 0) is 16.0 Å². The van der Waals surface area contributed by atoms with Crippen molar-refractivity contribution >= 4 is 5.78 Å². The fourth-order valence-electron chi connectivity index (χ4n) is 1.82. The van der Waals surface area contributed by atoms with Gasteiger partial charge in [0.15, 0.2) is 0 Å². The molecule has 1 aromatic rings. The monoisotopic (exact) mass is 208 g/mol. The first kappa shape index (κ1) is 10.3. The maximum atomic E-state index is 12.9. The van der Waals surface area contributed by atoms with Crippen LogP contribution in [-0.4, -0.2) is 19.0 Å². The van der Waals surface area contributed by atoms with E-state index in [4.69, 9.17) is 4.74 Å². The molecule has 0 amide bonds. The maximum Gasteiger partial charge on any atom is 0.140 e. The number of benzene rings is 1. The summed E-state index contributed by atoms with van der Waals surface area (Å²) < 4.78 is 18.1. The first-order chi connectivity index (χ1) is 7.25. The molecule has 1 aliphatic heterocycles. The predicted octanol–water partition coefficient (Wildman–Crippen LogP) is 1.97. The van der Waals surface area contributed by atoms with Crippen molar-refractivity contribution in [1.82, 2.24) is 0 Å². The molecule has 80 valence electrons. The second kappa shape index (κ2) is 4.53. The average molecular weight is 208 g/mol. The molecule has 2 nitrogen and oxygen atoms in total. The summed E-state index contributed by atoms with van der Waals surface area (Å²) in [6, 6.07) is 6.38. The van der Waals surface area contributed by atoms with E-state index in [-0.39, 0.29) is 17.5 Å². The van der Waals surface area contributed by atoms with Crippen LogP contribution < -0.4 is 0 Å². The molecule has 2 rings (SSSR count). The van der Waals surface area contributed by atoms with Gasteiger partial charge in [-0.3, -0.25) is 4.79 Å². The number of hydrogen-bond acceptors (Lipinski definition) is 2. The lowest BCUT2D eigenvalue weighted by molar-refractivity contribution is -0.130. The summed E-state index contributed by atoms with van der Waals surface area (Å²) in [5.74, 6) is -0.122. The molecule has 1 aliphatic rings. The van der Waals surface area contributed by atoms with Gasteiger partial charge in [-0.05, 0) is 24.1 Å². The van der Waals surface area contributed by atoms with E-state index in [1.807, 2.05) is 6.07 Å². The molecule has 1 aromatic carbocycles. The zero-order chi connectivity index (χ0) is 10.7. The number of ketones is 1. The number of ether oxygens (including phenoxy) is 1. The van der Waals surface area contributed by atoms with Crippen LogP contribution in [0.15, 0.2) is 24.3 Å². The third kappa shape index (κ3) is 2.63. The zero-order valence-corrected chi connectivity index (χ0v) is 8.41. The fraction of sp³-hybridized carbons (Fsp3) is 0.417. The second-order valence-corrected chi connectivity index (χ2v) is 3.82. The number of Topliss-reactive ketones (excluding diaryl/α,β-unsaturated/α-hetero) is 1. The van der Waals surface area contributed by atoms with Gasteiger partial charge in [-0.25, -0.2) is 4.39 Å². The van der Waals surface area contributed by atoms with E-state index in [2.05, 4.69) is 0 Å². The Bertz CT molecular complexity index is 362. The highest BCUT2D eigenvalue weighted by Crippen LogP contribution is 2.16. The lowest BCUT2D eigenvalue weighted by atomic mass is 9.93. The summed E-state index contributed by atoms with van der Waals surface area (Å²) in [7, 11) is 0. The van der Waals surface area contributed by atoms with Crippen molar-refractivity contribution in [3.05, 3.63) is 35.6 Å². The second-order valence-electron chi connectivity index (χ2n) is 3.82. The topological polar surface area (TPSA) is 26.3 Å². The Balaban J connectivity index is 2.04. The molecule has 3 heteroatoms. The molecule has 0 spiro atoms. The highest BCUT2D eigenvalue weighted by Gasteiger charge is 2.22. The molecule has 15 heavy (non-hydrogen) atoms. The SMILES string of the molecule is O=C1CCOC[C@H]1Cc1cccc(F)c1. The van der Waals surface area contributed by atoms with Gasteiger partial charge in [0, 0.05) is 12.3 Å². The molecule has 1 atom stereocenters. The van der Waals surface area contributed by atoms with Gasteiger partial charge in [0.25, 0.3) is 0 Å².